The highest BCUT2D eigenvalue weighted by atomic mass is 16.5. The van der Waals surface area contributed by atoms with Gasteiger partial charge in [-0.2, -0.15) is 9.97 Å². The maximum absolute atomic E-state index is 5.24. The Hall–Kier alpha value is -2.63. The number of aromatic nitrogens is 2. The molecule has 2 rings (SSSR count). The van der Waals surface area contributed by atoms with Gasteiger partial charge in [0.1, 0.15) is 5.56 Å². The number of methoxy groups -OCH3 is 3. The van der Waals surface area contributed by atoms with Crippen molar-refractivity contribution < 1.29 is 14.2 Å². The van der Waals surface area contributed by atoms with Crippen LogP contribution in [-0.2, 0) is 0 Å². The Kier molecular flexibility index (Phi) is 4.71. The van der Waals surface area contributed by atoms with Crippen molar-refractivity contribution in [1.29, 1.82) is 0 Å². The Morgan fingerprint density at radius 2 is 1.48 bits per heavy atom. The largest absolute Gasteiger partial charge is 0.480 e. The van der Waals surface area contributed by atoms with Crippen molar-refractivity contribution in [1.82, 2.24) is 9.97 Å². The minimum Gasteiger partial charge on any atom is -0.480 e. The summed E-state index contributed by atoms with van der Waals surface area (Å²) in [4.78, 5) is 12.6. The third-order valence-electron chi connectivity index (χ3n) is 2.80. The number of rotatable bonds is 5. The first-order chi connectivity index (χ1) is 10.2. The van der Waals surface area contributed by atoms with Gasteiger partial charge in [0.05, 0.1) is 27.0 Å². The maximum atomic E-state index is 5.24. The van der Waals surface area contributed by atoms with E-state index in [1.165, 1.54) is 26.9 Å². The van der Waals surface area contributed by atoms with Crippen molar-refractivity contribution in [2.24, 2.45) is 4.99 Å². The molecule has 0 amide bonds. The van der Waals surface area contributed by atoms with Crippen molar-refractivity contribution >= 4 is 11.9 Å². The van der Waals surface area contributed by atoms with Crippen molar-refractivity contribution in [3.63, 3.8) is 0 Å². The van der Waals surface area contributed by atoms with E-state index < -0.39 is 0 Å². The van der Waals surface area contributed by atoms with Crippen LogP contribution in [-0.4, -0.2) is 37.5 Å². The Bertz CT molecular complexity index is 614. The number of hydrogen-bond acceptors (Lipinski definition) is 6. The quantitative estimate of drug-likeness (QED) is 0.791. The summed E-state index contributed by atoms with van der Waals surface area (Å²) in [5.74, 6) is 0.684. The topological polar surface area (TPSA) is 65.8 Å². The van der Waals surface area contributed by atoms with Crippen molar-refractivity contribution in [2.45, 2.75) is 6.92 Å². The Labute approximate surface area is 123 Å². The maximum Gasteiger partial charge on any atom is 0.322 e. The molecule has 0 aliphatic carbocycles. The normalized spacial score (nSPS) is 10.7. The van der Waals surface area contributed by atoms with Crippen LogP contribution in [0.25, 0.3) is 0 Å². The minimum absolute atomic E-state index is 0.177. The van der Waals surface area contributed by atoms with E-state index in [-0.39, 0.29) is 6.01 Å². The summed E-state index contributed by atoms with van der Waals surface area (Å²) in [7, 11) is 4.52. The van der Waals surface area contributed by atoms with Gasteiger partial charge in [0.2, 0.25) is 11.8 Å². The fraction of sp³-hybridized carbons (Fsp3) is 0.267. The van der Waals surface area contributed by atoms with Gasteiger partial charge < -0.3 is 14.2 Å². The molecule has 1 aromatic carbocycles. The lowest BCUT2D eigenvalue weighted by Crippen LogP contribution is -2.03. The third-order valence-corrected chi connectivity index (χ3v) is 2.80. The first kappa shape index (κ1) is 14.8. The number of ether oxygens (including phenoxy) is 3. The van der Waals surface area contributed by atoms with Crippen LogP contribution < -0.4 is 14.2 Å². The minimum atomic E-state index is 0.177. The molecule has 0 unspecified atom stereocenters. The molecule has 6 heteroatoms. The van der Waals surface area contributed by atoms with Crippen LogP contribution in [0.15, 0.2) is 29.3 Å². The summed E-state index contributed by atoms with van der Waals surface area (Å²) in [6.07, 6.45) is 1.61. The first-order valence-corrected chi connectivity index (χ1v) is 6.32. The van der Waals surface area contributed by atoms with Gasteiger partial charge in [-0.25, -0.2) is 0 Å². The predicted octanol–water partition coefficient (Wildman–Crippen LogP) is 2.56. The van der Waals surface area contributed by atoms with E-state index in [9.17, 15) is 0 Å². The van der Waals surface area contributed by atoms with Gasteiger partial charge in [-0.05, 0) is 19.1 Å². The predicted molar refractivity (Wildman–Crippen MR) is 80.1 cm³/mol. The van der Waals surface area contributed by atoms with E-state index in [1.807, 2.05) is 31.2 Å². The fourth-order valence-corrected chi connectivity index (χ4v) is 1.69. The molecule has 0 spiro atoms. The zero-order chi connectivity index (χ0) is 15.2. The van der Waals surface area contributed by atoms with Crippen LogP contribution in [0.2, 0.25) is 0 Å². The van der Waals surface area contributed by atoms with E-state index in [1.54, 1.807) is 6.21 Å². The first-order valence-electron chi connectivity index (χ1n) is 6.32. The van der Waals surface area contributed by atoms with Gasteiger partial charge in [0, 0.05) is 6.21 Å². The summed E-state index contributed by atoms with van der Waals surface area (Å²) in [6.45, 7) is 2.02. The number of aliphatic imine (C=N–C) groups is 1. The number of benzene rings is 1. The molecule has 0 radical (unpaired) electrons. The monoisotopic (exact) mass is 287 g/mol. The molecule has 1 heterocycles. The average Bonchev–Trinajstić information content (AvgIpc) is 2.53. The standard InChI is InChI=1S/C15H17N3O3/c1-10-5-7-11(8-6-10)16-9-12-13(19-2)17-15(21-4)18-14(12)20-3/h5-9H,1-4H3. The molecule has 0 fully saturated rings. The molecule has 0 saturated heterocycles. The second-order valence-corrected chi connectivity index (χ2v) is 4.24. The smallest absolute Gasteiger partial charge is 0.322 e. The van der Waals surface area contributed by atoms with Gasteiger partial charge in [0.25, 0.3) is 0 Å². The molecule has 0 aliphatic heterocycles. The molecular formula is C15H17N3O3. The molecule has 0 saturated carbocycles. The number of aryl methyl sites for hydroxylation is 1. The molecule has 6 nitrogen and oxygen atoms in total. The summed E-state index contributed by atoms with van der Waals surface area (Å²) in [6, 6.07) is 8.01. The van der Waals surface area contributed by atoms with Crippen molar-refractivity contribution in [3.8, 4) is 17.8 Å². The third kappa shape index (κ3) is 3.47. The van der Waals surface area contributed by atoms with Crippen molar-refractivity contribution in [3.05, 3.63) is 35.4 Å². The fourth-order valence-electron chi connectivity index (χ4n) is 1.69. The van der Waals surface area contributed by atoms with Gasteiger partial charge in [0.15, 0.2) is 0 Å². The van der Waals surface area contributed by atoms with Crippen LogP contribution in [0.3, 0.4) is 0 Å². The van der Waals surface area contributed by atoms with Crippen LogP contribution in [0.1, 0.15) is 11.1 Å². The number of hydrogen-bond donors (Lipinski definition) is 0. The lowest BCUT2D eigenvalue weighted by atomic mass is 10.2. The van der Waals surface area contributed by atoms with Gasteiger partial charge >= 0.3 is 6.01 Å². The highest BCUT2D eigenvalue weighted by Gasteiger charge is 2.14. The van der Waals surface area contributed by atoms with Gasteiger partial charge in [-0.1, -0.05) is 17.7 Å². The highest BCUT2D eigenvalue weighted by Crippen LogP contribution is 2.26. The zero-order valence-electron chi connectivity index (χ0n) is 12.5. The lowest BCUT2D eigenvalue weighted by molar-refractivity contribution is 0.328. The highest BCUT2D eigenvalue weighted by molar-refractivity contribution is 5.87. The summed E-state index contributed by atoms with van der Waals surface area (Å²) in [5, 5.41) is 0. The van der Waals surface area contributed by atoms with E-state index >= 15 is 0 Å². The molecule has 21 heavy (non-hydrogen) atoms. The Morgan fingerprint density at radius 1 is 0.905 bits per heavy atom. The Balaban J connectivity index is 2.40. The second-order valence-electron chi connectivity index (χ2n) is 4.24. The second kappa shape index (κ2) is 6.69. The lowest BCUT2D eigenvalue weighted by Gasteiger charge is -2.09. The number of nitrogens with zero attached hydrogens (tertiary/aromatic N) is 3. The molecule has 0 aliphatic rings. The molecule has 0 bridgehead atoms. The summed E-state index contributed by atoms with van der Waals surface area (Å²) < 4.78 is 15.5. The summed E-state index contributed by atoms with van der Waals surface area (Å²) >= 11 is 0. The van der Waals surface area contributed by atoms with Crippen LogP contribution >= 0.6 is 0 Å². The van der Waals surface area contributed by atoms with Crippen LogP contribution in [0.5, 0.6) is 17.8 Å². The molecule has 0 N–H and O–H groups in total. The molecular weight excluding hydrogens is 270 g/mol. The van der Waals surface area contributed by atoms with E-state index in [0.29, 0.717) is 17.3 Å². The molecule has 2 aromatic rings. The average molecular weight is 287 g/mol. The van der Waals surface area contributed by atoms with E-state index in [2.05, 4.69) is 15.0 Å². The zero-order valence-corrected chi connectivity index (χ0v) is 12.5. The van der Waals surface area contributed by atoms with Crippen LogP contribution in [0.4, 0.5) is 5.69 Å². The molecule has 0 atom stereocenters. The summed E-state index contributed by atoms with van der Waals surface area (Å²) in [5.41, 5.74) is 2.55. The molecule has 110 valence electrons. The SMILES string of the molecule is COc1nc(OC)c(C=Nc2ccc(C)cc2)c(OC)n1. The van der Waals surface area contributed by atoms with Gasteiger partial charge in [-0.15, -0.1) is 0 Å². The van der Waals surface area contributed by atoms with Crippen molar-refractivity contribution in [2.75, 3.05) is 21.3 Å². The molecule has 1 aromatic heterocycles. The van der Waals surface area contributed by atoms with Crippen LogP contribution in [0, 0.1) is 6.92 Å². The van der Waals surface area contributed by atoms with Gasteiger partial charge in [-0.3, -0.25) is 4.99 Å². The Morgan fingerprint density at radius 3 is 1.95 bits per heavy atom. The van der Waals surface area contributed by atoms with E-state index in [0.717, 1.165) is 5.69 Å². The van der Waals surface area contributed by atoms with E-state index in [4.69, 9.17) is 14.2 Å².